The summed E-state index contributed by atoms with van der Waals surface area (Å²) in [6.07, 6.45) is 2.92. The number of hydrogen-bond acceptors (Lipinski definition) is 6. The van der Waals surface area contributed by atoms with Crippen molar-refractivity contribution in [3.8, 4) is 0 Å². The molecule has 1 aromatic carbocycles. The zero-order valence-electron chi connectivity index (χ0n) is 17.7. The Kier molecular flexibility index (Phi) is 7.50. The number of aryl methyl sites for hydroxylation is 1. The lowest BCUT2D eigenvalue weighted by Crippen LogP contribution is -2.35. The number of aromatic amines is 1. The third kappa shape index (κ3) is 5.54. The molecule has 3 aromatic rings. The van der Waals surface area contributed by atoms with Gasteiger partial charge in [0, 0.05) is 26.1 Å². The minimum absolute atomic E-state index is 0.137. The minimum atomic E-state index is -0.325. The predicted octanol–water partition coefficient (Wildman–Crippen LogP) is 1.22. The fraction of sp³-hybridized carbons (Fsp3) is 0.381. The fourth-order valence-electron chi connectivity index (χ4n) is 3.24. The third-order valence-corrected chi connectivity index (χ3v) is 5.04. The first-order chi connectivity index (χ1) is 15.0. The lowest BCUT2D eigenvalue weighted by atomic mass is 10.1. The highest BCUT2D eigenvalue weighted by molar-refractivity contribution is 6.03. The van der Waals surface area contributed by atoms with Gasteiger partial charge in [-0.05, 0) is 25.2 Å². The summed E-state index contributed by atoms with van der Waals surface area (Å²) < 4.78 is 1.65. The summed E-state index contributed by atoms with van der Waals surface area (Å²) in [6, 6.07) is 6.91. The molecule has 0 bridgehead atoms. The van der Waals surface area contributed by atoms with Gasteiger partial charge in [-0.1, -0.05) is 26.0 Å². The SMILES string of the molecule is CCN(CC)CCNC(=O)c1ccccc1NC(=O)CCn1cnc2c(=O)[nH]cnc21. The summed E-state index contributed by atoms with van der Waals surface area (Å²) in [5.41, 5.74) is 1.20. The van der Waals surface area contributed by atoms with Crippen LogP contribution in [0.15, 0.2) is 41.7 Å². The van der Waals surface area contributed by atoms with Gasteiger partial charge in [-0.15, -0.1) is 0 Å². The van der Waals surface area contributed by atoms with E-state index in [0.29, 0.717) is 30.0 Å². The number of nitrogens with zero attached hydrogens (tertiary/aromatic N) is 4. The molecule has 2 amide bonds. The normalized spacial score (nSPS) is 11.1. The first-order valence-corrected chi connectivity index (χ1v) is 10.3. The number of para-hydroxylation sites is 1. The van der Waals surface area contributed by atoms with Crippen LogP contribution in [0.5, 0.6) is 0 Å². The van der Waals surface area contributed by atoms with Crippen molar-refractivity contribution >= 4 is 28.7 Å². The molecule has 2 heterocycles. The van der Waals surface area contributed by atoms with E-state index >= 15 is 0 Å². The summed E-state index contributed by atoms with van der Waals surface area (Å²) in [5, 5.41) is 5.71. The summed E-state index contributed by atoms with van der Waals surface area (Å²) in [6.45, 7) is 7.61. The molecule has 0 spiro atoms. The van der Waals surface area contributed by atoms with Gasteiger partial charge in [-0.25, -0.2) is 9.97 Å². The Morgan fingerprint density at radius 1 is 1.16 bits per heavy atom. The second kappa shape index (κ2) is 10.5. The van der Waals surface area contributed by atoms with Crippen LogP contribution in [0.25, 0.3) is 11.2 Å². The summed E-state index contributed by atoms with van der Waals surface area (Å²) in [4.78, 5) is 49.7. The highest BCUT2D eigenvalue weighted by atomic mass is 16.2. The molecule has 0 aliphatic carbocycles. The third-order valence-electron chi connectivity index (χ3n) is 5.04. The Bertz CT molecular complexity index is 1100. The van der Waals surface area contributed by atoms with Crippen molar-refractivity contribution in [3.05, 3.63) is 52.8 Å². The van der Waals surface area contributed by atoms with E-state index in [2.05, 4.69) is 44.3 Å². The zero-order chi connectivity index (χ0) is 22.2. The molecule has 0 saturated heterocycles. The van der Waals surface area contributed by atoms with Crippen LogP contribution >= 0.6 is 0 Å². The van der Waals surface area contributed by atoms with Crippen LogP contribution in [0, 0.1) is 0 Å². The molecule has 0 unspecified atom stereocenters. The van der Waals surface area contributed by atoms with E-state index in [-0.39, 0.29) is 29.3 Å². The number of benzene rings is 1. The molecule has 2 aromatic heterocycles. The second-order valence-corrected chi connectivity index (χ2v) is 6.97. The summed E-state index contributed by atoms with van der Waals surface area (Å²) in [5.74, 6) is -0.484. The number of anilines is 1. The number of rotatable bonds is 10. The smallest absolute Gasteiger partial charge is 0.278 e. The van der Waals surface area contributed by atoms with E-state index < -0.39 is 0 Å². The van der Waals surface area contributed by atoms with Crippen molar-refractivity contribution < 1.29 is 9.59 Å². The van der Waals surface area contributed by atoms with E-state index in [1.165, 1.54) is 12.7 Å². The maximum absolute atomic E-state index is 12.6. The highest BCUT2D eigenvalue weighted by Gasteiger charge is 2.14. The van der Waals surface area contributed by atoms with Crippen molar-refractivity contribution in [1.82, 2.24) is 29.7 Å². The van der Waals surface area contributed by atoms with Crippen molar-refractivity contribution in [1.29, 1.82) is 0 Å². The van der Waals surface area contributed by atoms with Crippen LogP contribution in [-0.2, 0) is 11.3 Å². The molecule has 10 heteroatoms. The molecular formula is C21H27N7O3. The van der Waals surface area contributed by atoms with Gasteiger partial charge in [0.05, 0.1) is 23.9 Å². The monoisotopic (exact) mass is 425 g/mol. The van der Waals surface area contributed by atoms with Crippen molar-refractivity contribution in [2.75, 3.05) is 31.5 Å². The number of carbonyl (C=O) groups is 2. The van der Waals surface area contributed by atoms with Gasteiger partial charge in [-0.2, -0.15) is 0 Å². The number of nitrogens with one attached hydrogen (secondary N) is 3. The van der Waals surface area contributed by atoms with Crippen molar-refractivity contribution in [2.45, 2.75) is 26.8 Å². The molecule has 164 valence electrons. The molecule has 3 N–H and O–H groups in total. The maximum atomic E-state index is 12.6. The molecular weight excluding hydrogens is 398 g/mol. The van der Waals surface area contributed by atoms with Crippen molar-refractivity contribution in [3.63, 3.8) is 0 Å². The summed E-state index contributed by atoms with van der Waals surface area (Å²) >= 11 is 0. The van der Waals surface area contributed by atoms with Crippen LogP contribution in [0.2, 0.25) is 0 Å². The lowest BCUT2D eigenvalue weighted by Gasteiger charge is -2.18. The van der Waals surface area contributed by atoms with E-state index in [9.17, 15) is 14.4 Å². The maximum Gasteiger partial charge on any atom is 0.278 e. The van der Waals surface area contributed by atoms with E-state index in [1.807, 2.05) is 0 Å². The average molecular weight is 425 g/mol. The summed E-state index contributed by atoms with van der Waals surface area (Å²) in [7, 11) is 0. The topological polar surface area (TPSA) is 125 Å². The number of imidazole rings is 1. The Morgan fingerprint density at radius 2 is 1.94 bits per heavy atom. The largest absolute Gasteiger partial charge is 0.351 e. The Labute approximate surface area is 179 Å². The van der Waals surface area contributed by atoms with Gasteiger partial charge in [0.1, 0.15) is 0 Å². The number of aromatic nitrogens is 4. The zero-order valence-corrected chi connectivity index (χ0v) is 17.7. The molecule has 0 aliphatic heterocycles. The van der Waals surface area contributed by atoms with Gasteiger partial charge in [-0.3, -0.25) is 14.4 Å². The molecule has 3 rings (SSSR count). The van der Waals surface area contributed by atoms with E-state index in [0.717, 1.165) is 19.6 Å². The fourth-order valence-corrected chi connectivity index (χ4v) is 3.24. The number of H-pyrrole nitrogens is 1. The van der Waals surface area contributed by atoms with Crippen LogP contribution in [-0.4, -0.2) is 62.4 Å². The quantitative estimate of drug-likeness (QED) is 0.449. The van der Waals surface area contributed by atoms with Crippen LogP contribution in [0.4, 0.5) is 5.69 Å². The number of carbonyl (C=O) groups excluding carboxylic acids is 2. The lowest BCUT2D eigenvalue weighted by molar-refractivity contribution is -0.116. The predicted molar refractivity (Wildman–Crippen MR) is 118 cm³/mol. The molecule has 10 nitrogen and oxygen atoms in total. The standard InChI is InChI=1S/C21H27N7O3/c1-3-27(4-2)12-10-22-20(30)15-7-5-6-8-16(15)26-17(29)9-11-28-14-25-18-19(28)23-13-24-21(18)31/h5-8,13-14H,3-4,9-12H2,1-2H3,(H,22,30)(H,26,29)(H,23,24,31). The second-order valence-electron chi connectivity index (χ2n) is 6.97. The van der Waals surface area contributed by atoms with Gasteiger partial charge in [0.25, 0.3) is 11.5 Å². The van der Waals surface area contributed by atoms with Gasteiger partial charge in [0.15, 0.2) is 11.2 Å². The molecule has 0 atom stereocenters. The van der Waals surface area contributed by atoms with Gasteiger partial charge in [0.2, 0.25) is 5.91 Å². The van der Waals surface area contributed by atoms with Gasteiger partial charge >= 0.3 is 0 Å². The molecule has 0 radical (unpaired) electrons. The Balaban J connectivity index is 1.59. The molecule has 0 saturated carbocycles. The average Bonchev–Trinajstić information content (AvgIpc) is 3.20. The number of fused-ring (bicyclic) bond motifs is 1. The Hall–Kier alpha value is -3.53. The first kappa shape index (κ1) is 22.2. The molecule has 0 fully saturated rings. The van der Waals surface area contributed by atoms with E-state index in [1.54, 1.807) is 28.8 Å². The minimum Gasteiger partial charge on any atom is -0.351 e. The first-order valence-electron chi connectivity index (χ1n) is 10.3. The highest BCUT2D eigenvalue weighted by Crippen LogP contribution is 2.15. The van der Waals surface area contributed by atoms with Crippen LogP contribution in [0.1, 0.15) is 30.6 Å². The molecule has 31 heavy (non-hydrogen) atoms. The Morgan fingerprint density at radius 3 is 2.71 bits per heavy atom. The van der Waals surface area contributed by atoms with E-state index in [4.69, 9.17) is 0 Å². The number of likely N-dealkylation sites (N-methyl/N-ethyl adjacent to an activating group) is 1. The molecule has 0 aliphatic rings. The van der Waals surface area contributed by atoms with Crippen LogP contribution in [0.3, 0.4) is 0 Å². The number of amides is 2. The van der Waals surface area contributed by atoms with Crippen molar-refractivity contribution in [2.24, 2.45) is 0 Å². The van der Waals surface area contributed by atoms with Gasteiger partial charge < -0.3 is 25.1 Å². The van der Waals surface area contributed by atoms with Crippen LogP contribution < -0.4 is 16.2 Å². The number of hydrogen-bond donors (Lipinski definition) is 3.